The van der Waals surface area contributed by atoms with E-state index in [1.807, 2.05) is 44.4 Å². The zero-order valence-electron chi connectivity index (χ0n) is 10.8. The van der Waals surface area contributed by atoms with E-state index in [-0.39, 0.29) is 5.91 Å². The van der Waals surface area contributed by atoms with Gasteiger partial charge in [0.25, 0.3) is 0 Å². The van der Waals surface area contributed by atoms with Crippen LogP contribution in [0.2, 0.25) is 0 Å². The molecule has 0 bridgehead atoms. The molecule has 1 aromatic carbocycles. The largest absolute Gasteiger partial charge is 0.325 e. The normalized spacial score (nSPS) is 10.4. The molecule has 0 radical (unpaired) electrons. The lowest BCUT2D eigenvalue weighted by Gasteiger charge is -2.08. The lowest BCUT2D eigenvalue weighted by Crippen LogP contribution is -2.15. The molecule has 0 saturated heterocycles. The number of nitrogens with one attached hydrogen (secondary N) is 1. The molecule has 0 spiro atoms. The van der Waals surface area contributed by atoms with Crippen LogP contribution in [-0.4, -0.2) is 10.9 Å². The van der Waals surface area contributed by atoms with Gasteiger partial charge in [0.1, 0.15) is 5.01 Å². The number of carbonyl (C=O) groups excluding carboxylic acids is 1. The third-order valence-electron chi connectivity index (χ3n) is 2.65. The van der Waals surface area contributed by atoms with Crippen LogP contribution in [-0.2, 0) is 11.2 Å². The quantitative estimate of drug-likeness (QED) is 0.920. The molecular weight excluding hydrogens is 244 g/mol. The number of benzene rings is 1. The smallest absolute Gasteiger partial charge is 0.231 e. The van der Waals surface area contributed by atoms with Crippen molar-refractivity contribution in [2.24, 2.45) is 0 Å². The molecule has 0 unspecified atom stereocenters. The van der Waals surface area contributed by atoms with Crippen molar-refractivity contribution in [3.63, 3.8) is 0 Å². The van der Waals surface area contributed by atoms with Gasteiger partial charge in [-0.05, 0) is 38.0 Å². The van der Waals surface area contributed by atoms with Crippen LogP contribution in [0.3, 0.4) is 0 Å². The van der Waals surface area contributed by atoms with Gasteiger partial charge in [-0.2, -0.15) is 0 Å². The second-order valence-corrected chi connectivity index (χ2v) is 5.37. The molecule has 18 heavy (non-hydrogen) atoms. The van der Waals surface area contributed by atoms with Gasteiger partial charge in [-0.1, -0.05) is 12.1 Å². The maximum Gasteiger partial charge on any atom is 0.231 e. The summed E-state index contributed by atoms with van der Waals surface area (Å²) in [5, 5.41) is 5.75. The Morgan fingerprint density at radius 2 is 2.11 bits per heavy atom. The minimum atomic E-state index is -0.0157. The Bertz CT molecular complexity index is 575. The SMILES string of the molecule is Cc1ccc(C)c(NC(=O)Cc2nc(C)cs2)c1. The van der Waals surface area contributed by atoms with Crippen molar-refractivity contribution in [1.29, 1.82) is 0 Å². The number of anilines is 1. The van der Waals surface area contributed by atoms with Crippen LogP contribution in [0.4, 0.5) is 5.69 Å². The first kappa shape index (κ1) is 12.8. The van der Waals surface area contributed by atoms with E-state index in [4.69, 9.17) is 0 Å². The van der Waals surface area contributed by atoms with Gasteiger partial charge in [0.2, 0.25) is 5.91 Å². The monoisotopic (exact) mass is 260 g/mol. The van der Waals surface area contributed by atoms with Crippen LogP contribution >= 0.6 is 11.3 Å². The fraction of sp³-hybridized carbons (Fsp3) is 0.286. The Balaban J connectivity index is 2.05. The number of hydrogen-bond donors (Lipinski definition) is 1. The molecule has 0 atom stereocenters. The van der Waals surface area contributed by atoms with Crippen molar-refractivity contribution in [1.82, 2.24) is 4.98 Å². The highest BCUT2D eigenvalue weighted by molar-refractivity contribution is 7.09. The molecule has 1 amide bonds. The number of rotatable bonds is 3. The van der Waals surface area contributed by atoms with Crippen LogP contribution in [0.5, 0.6) is 0 Å². The minimum absolute atomic E-state index is 0.0157. The topological polar surface area (TPSA) is 42.0 Å². The molecule has 1 N–H and O–H groups in total. The molecule has 1 heterocycles. The second-order valence-electron chi connectivity index (χ2n) is 4.43. The maximum atomic E-state index is 11.9. The highest BCUT2D eigenvalue weighted by Gasteiger charge is 2.08. The van der Waals surface area contributed by atoms with E-state index in [0.717, 1.165) is 27.5 Å². The Kier molecular flexibility index (Phi) is 3.77. The average Bonchev–Trinajstić information content (AvgIpc) is 2.69. The lowest BCUT2D eigenvalue weighted by atomic mass is 10.1. The van der Waals surface area contributed by atoms with Crippen LogP contribution in [0.25, 0.3) is 0 Å². The zero-order chi connectivity index (χ0) is 13.1. The third kappa shape index (κ3) is 3.17. The number of aromatic nitrogens is 1. The molecule has 0 fully saturated rings. The Hall–Kier alpha value is -1.68. The predicted octanol–water partition coefficient (Wildman–Crippen LogP) is 3.25. The van der Waals surface area contributed by atoms with Gasteiger partial charge in [-0.3, -0.25) is 4.79 Å². The summed E-state index contributed by atoms with van der Waals surface area (Å²) in [5.41, 5.74) is 4.06. The molecule has 0 saturated carbocycles. The number of amides is 1. The van der Waals surface area contributed by atoms with Crippen molar-refractivity contribution in [3.05, 3.63) is 45.4 Å². The summed E-state index contributed by atoms with van der Waals surface area (Å²) in [6.07, 6.45) is 0.339. The van der Waals surface area contributed by atoms with Crippen molar-refractivity contribution >= 4 is 22.9 Å². The molecule has 3 nitrogen and oxygen atoms in total. The van der Waals surface area contributed by atoms with Gasteiger partial charge >= 0.3 is 0 Å². The first-order valence-corrected chi connectivity index (χ1v) is 6.70. The van der Waals surface area contributed by atoms with Gasteiger partial charge in [0.15, 0.2) is 0 Å². The number of hydrogen-bond acceptors (Lipinski definition) is 3. The van der Waals surface area contributed by atoms with Crippen LogP contribution in [0.1, 0.15) is 21.8 Å². The van der Waals surface area contributed by atoms with E-state index < -0.39 is 0 Å². The Morgan fingerprint density at radius 3 is 2.78 bits per heavy atom. The van der Waals surface area contributed by atoms with Gasteiger partial charge in [0, 0.05) is 16.8 Å². The highest BCUT2D eigenvalue weighted by Crippen LogP contribution is 2.17. The van der Waals surface area contributed by atoms with Gasteiger partial charge in [-0.25, -0.2) is 4.98 Å². The summed E-state index contributed by atoms with van der Waals surface area (Å²) in [6.45, 7) is 5.94. The molecule has 2 rings (SSSR count). The number of carbonyl (C=O) groups is 1. The van der Waals surface area contributed by atoms with Crippen molar-refractivity contribution < 1.29 is 4.79 Å². The lowest BCUT2D eigenvalue weighted by molar-refractivity contribution is -0.115. The fourth-order valence-corrected chi connectivity index (χ4v) is 2.46. The van der Waals surface area contributed by atoms with Crippen molar-refractivity contribution in [2.75, 3.05) is 5.32 Å². The standard InChI is InChI=1S/C14H16N2OS/c1-9-4-5-10(2)12(6-9)16-13(17)7-14-15-11(3)8-18-14/h4-6,8H,7H2,1-3H3,(H,16,17). The predicted molar refractivity (Wildman–Crippen MR) is 75.1 cm³/mol. The van der Waals surface area contributed by atoms with E-state index in [9.17, 15) is 4.79 Å². The summed E-state index contributed by atoms with van der Waals surface area (Å²) in [4.78, 5) is 16.2. The van der Waals surface area contributed by atoms with E-state index >= 15 is 0 Å². The molecular formula is C14H16N2OS. The van der Waals surface area contributed by atoms with E-state index in [0.29, 0.717) is 6.42 Å². The third-order valence-corrected chi connectivity index (χ3v) is 3.61. The molecule has 0 aliphatic carbocycles. The Morgan fingerprint density at radius 1 is 1.33 bits per heavy atom. The van der Waals surface area contributed by atoms with Crippen LogP contribution < -0.4 is 5.32 Å². The summed E-state index contributed by atoms with van der Waals surface area (Å²) in [7, 11) is 0. The summed E-state index contributed by atoms with van der Waals surface area (Å²) >= 11 is 1.52. The number of thiazole rings is 1. The van der Waals surface area contributed by atoms with Gasteiger partial charge in [-0.15, -0.1) is 11.3 Å². The second kappa shape index (κ2) is 5.31. The van der Waals surface area contributed by atoms with Crippen molar-refractivity contribution in [3.8, 4) is 0 Å². The molecule has 94 valence electrons. The van der Waals surface area contributed by atoms with Crippen molar-refractivity contribution in [2.45, 2.75) is 27.2 Å². The summed E-state index contributed by atoms with van der Waals surface area (Å²) in [5.74, 6) is -0.0157. The number of aryl methyl sites for hydroxylation is 3. The van der Waals surface area contributed by atoms with Gasteiger partial charge < -0.3 is 5.32 Å². The first-order valence-electron chi connectivity index (χ1n) is 5.82. The average molecular weight is 260 g/mol. The number of nitrogens with zero attached hydrogens (tertiary/aromatic N) is 1. The highest BCUT2D eigenvalue weighted by atomic mass is 32.1. The first-order chi connectivity index (χ1) is 8.54. The van der Waals surface area contributed by atoms with Gasteiger partial charge in [0.05, 0.1) is 6.42 Å². The molecule has 2 aromatic rings. The van der Waals surface area contributed by atoms with E-state index in [1.54, 1.807) is 0 Å². The maximum absolute atomic E-state index is 11.9. The zero-order valence-corrected chi connectivity index (χ0v) is 11.6. The van der Waals surface area contributed by atoms with E-state index in [2.05, 4.69) is 10.3 Å². The van der Waals surface area contributed by atoms with Crippen LogP contribution in [0.15, 0.2) is 23.6 Å². The summed E-state index contributed by atoms with van der Waals surface area (Å²) in [6, 6.07) is 6.04. The Labute approximate surface area is 111 Å². The molecule has 0 aliphatic heterocycles. The van der Waals surface area contributed by atoms with Crippen LogP contribution in [0, 0.1) is 20.8 Å². The molecule has 0 aliphatic rings. The molecule has 1 aromatic heterocycles. The fourth-order valence-electron chi connectivity index (χ4n) is 1.69. The summed E-state index contributed by atoms with van der Waals surface area (Å²) < 4.78 is 0. The molecule has 4 heteroatoms. The van der Waals surface area contributed by atoms with E-state index in [1.165, 1.54) is 11.3 Å². The minimum Gasteiger partial charge on any atom is -0.325 e.